The first-order valence-corrected chi connectivity index (χ1v) is 8.88. The minimum atomic E-state index is -0.976. The minimum Gasteiger partial charge on any atom is -0.464 e. The average Bonchev–Trinajstić information content (AvgIpc) is 2.56. The number of benzene rings is 1. The van der Waals surface area contributed by atoms with Crippen LogP contribution in [0.4, 0.5) is 8.78 Å². The molecule has 0 fully saturated rings. The van der Waals surface area contributed by atoms with Crippen LogP contribution in [0.2, 0.25) is 0 Å². The maximum Gasteiger partial charge on any atom is 0.328 e. The molecule has 1 N–H and O–H groups in total. The van der Waals surface area contributed by atoms with Crippen LogP contribution < -0.4 is 5.32 Å². The van der Waals surface area contributed by atoms with Crippen molar-refractivity contribution in [2.24, 2.45) is 0 Å². The Labute approximate surface area is 147 Å². The lowest BCUT2D eigenvalue weighted by atomic mass is 10.1. The third kappa shape index (κ3) is 7.63. The molecule has 1 amide bonds. The number of carbonyl (C=O) groups excluding carboxylic acids is 2. The summed E-state index contributed by atoms with van der Waals surface area (Å²) in [6.45, 7) is 3.87. The van der Waals surface area contributed by atoms with Crippen LogP contribution in [0.25, 0.3) is 0 Å². The first-order chi connectivity index (χ1) is 12.0. The van der Waals surface area contributed by atoms with E-state index in [1.54, 1.807) is 0 Å². The van der Waals surface area contributed by atoms with Crippen molar-refractivity contribution < 1.29 is 23.1 Å². The summed E-state index contributed by atoms with van der Waals surface area (Å²) in [5.41, 5.74) is -0.700. The Bertz CT molecular complexity index is 543. The Kier molecular flexibility index (Phi) is 9.73. The monoisotopic (exact) mass is 355 g/mol. The van der Waals surface area contributed by atoms with Gasteiger partial charge in [-0.1, -0.05) is 51.5 Å². The van der Waals surface area contributed by atoms with Gasteiger partial charge in [0, 0.05) is 0 Å². The van der Waals surface area contributed by atoms with E-state index in [1.807, 2.05) is 0 Å². The molecule has 0 aliphatic heterocycles. The van der Waals surface area contributed by atoms with Gasteiger partial charge in [0.1, 0.15) is 23.2 Å². The Balaban J connectivity index is 2.29. The first-order valence-electron chi connectivity index (χ1n) is 8.88. The van der Waals surface area contributed by atoms with Crippen LogP contribution in [-0.4, -0.2) is 24.5 Å². The Morgan fingerprint density at radius 3 is 2.20 bits per heavy atom. The van der Waals surface area contributed by atoms with Crippen LogP contribution in [0.3, 0.4) is 0 Å². The van der Waals surface area contributed by atoms with Gasteiger partial charge in [-0.2, -0.15) is 0 Å². The number of hydrogen-bond acceptors (Lipinski definition) is 3. The van der Waals surface area contributed by atoms with Gasteiger partial charge < -0.3 is 10.1 Å². The highest BCUT2D eigenvalue weighted by Gasteiger charge is 2.22. The first kappa shape index (κ1) is 21.1. The van der Waals surface area contributed by atoms with E-state index in [1.165, 1.54) is 38.7 Å². The van der Waals surface area contributed by atoms with Crippen LogP contribution in [0.1, 0.15) is 69.2 Å². The molecule has 1 rings (SSSR count). The lowest BCUT2D eigenvalue weighted by Crippen LogP contribution is -2.40. The Morgan fingerprint density at radius 2 is 1.60 bits per heavy atom. The van der Waals surface area contributed by atoms with Gasteiger partial charge in [0.05, 0.1) is 6.61 Å². The number of hydrogen-bond donors (Lipinski definition) is 1. The quantitative estimate of drug-likeness (QED) is 0.473. The second-order valence-electron chi connectivity index (χ2n) is 6.08. The van der Waals surface area contributed by atoms with Gasteiger partial charge in [0.15, 0.2) is 0 Å². The second-order valence-corrected chi connectivity index (χ2v) is 6.08. The Morgan fingerprint density at radius 1 is 1.04 bits per heavy atom. The van der Waals surface area contributed by atoms with Crippen LogP contribution in [-0.2, 0) is 9.53 Å². The summed E-state index contributed by atoms with van der Waals surface area (Å²) in [5, 5.41) is 2.26. The summed E-state index contributed by atoms with van der Waals surface area (Å²) < 4.78 is 32.2. The molecule has 4 nitrogen and oxygen atoms in total. The minimum absolute atomic E-state index is 0.279. The molecule has 0 heterocycles. The van der Waals surface area contributed by atoms with E-state index in [0.717, 1.165) is 31.4 Å². The van der Waals surface area contributed by atoms with Gasteiger partial charge in [-0.15, -0.1) is 0 Å². The molecule has 0 aliphatic carbocycles. The number of amides is 1. The zero-order chi connectivity index (χ0) is 18.7. The van der Waals surface area contributed by atoms with Gasteiger partial charge in [0.25, 0.3) is 5.91 Å². The number of rotatable bonds is 11. The smallest absolute Gasteiger partial charge is 0.328 e. The molecule has 0 spiro atoms. The van der Waals surface area contributed by atoms with E-state index in [4.69, 9.17) is 4.74 Å². The van der Waals surface area contributed by atoms with Gasteiger partial charge >= 0.3 is 5.97 Å². The van der Waals surface area contributed by atoms with E-state index < -0.39 is 35.1 Å². The topological polar surface area (TPSA) is 55.4 Å². The fraction of sp³-hybridized carbons (Fsp3) is 0.579. The maximum absolute atomic E-state index is 13.5. The number of unbranched alkanes of at least 4 members (excludes halogenated alkanes) is 6. The van der Waals surface area contributed by atoms with Gasteiger partial charge in [-0.3, -0.25) is 4.79 Å². The lowest BCUT2D eigenvalue weighted by molar-refractivity contribution is -0.145. The predicted octanol–water partition coefficient (Wildman–Crippen LogP) is 4.38. The van der Waals surface area contributed by atoms with Gasteiger partial charge in [0.2, 0.25) is 0 Å². The third-order valence-electron chi connectivity index (χ3n) is 3.88. The van der Waals surface area contributed by atoms with Crippen molar-refractivity contribution in [3.05, 3.63) is 35.4 Å². The van der Waals surface area contributed by atoms with Crippen molar-refractivity contribution in [2.45, 2.75) is 64.8 Å². The van der Waals surface area contributed by atoms with Crippen LogP contribution >= 0.6 is 0 Å². The third-order valence-corrected chi connectivity index (χ3v) is 3.88. The zero-order valence-corrected chi connectivity index (χ0v) is 14.9. The molecule has 1 aromatic rings. The molecule has 0 radical (unpaired) electrons. The van der Waals surface area contributed by atoms with Crippen molar-refractivity contribution in [1.29, 1.82) is 0 Å². The molecular weight excluding hydrogens is 328 g/mol. The van der Waals surface area contributed by atoms with Crippen LogP contribution in [0.5, 0.6) is 0 Å². The molecule has 0 saturated carbocycles. The fourth-order valence-corrected chi connectivity index (χ4v) is 2.40. The summed E-state index contributed by atoms with van der Waals surface area (Å²) >= 11 is 0. The lowest BCUT2D eigenvalue weighted by Gasteiger charge is -2.14. The highest BCUT2D eigenvalue weighted by molar-refractivity contribution is 5.97. The summed E-state index contributed by atoms with van der Waals surface area (Å²) in [4.78, 5) is 23.7. The summed E-state index contributed by atoms with van der Waals surface area (Å²) in [5.74, 6) is -3.53. The van der Waals surface area contributed by atoms with Crippen molar-refractivity contribution >= 4 is 11.9 Å². The van der Waals surface area contributed by atoms with E-state index in [0.29, 0.717) is 0 Å². The van der Waals surface area contributed by atoms with Crippen molar-refractivity contribution in [2.75, 3.05) is 6.61 Å². The van der Waals surface area contributed by atoms with Gasteiger partial charge in [-0.05, 0) is 25.5 Å². The Hall–Kier alpha value is -1.98. The maximum atomic E-state index is 13.5. The largest absolute Gasteiger partial charge is 0.464 e. The number of carbonyl (C=O) groups is 2. The summed E-state index contributed by atoms with van der Waals surface area (Å²) in [6, 6.07) is 2.17. The fourth-order valence-electron chi connectivity index (χ4n) is 2.40. The number of nitrogens with one attached hydrogen (secondary N) is 1. The standard InChI is InChI=1S/C19H27F2NO3/c1-3-4-5-6-7-8-9-13-25-19(24)14(2)22-18(23)17-15(20)11-10-12-16(17)21/h10-12,14H,3-9,13H2,1-2H3,(H,22,23)/t14-/m0/s1. The molecule has 25 heavy (non-hydrogen) atoms. The van der Waals surface area contributed by atoms with Crippen molar-refractivity contribution in [3.63, 3.8) is 0 Å². The summed E-state index contributed by atoms with van der Waals surface area (Å²) in [7, 11) is 0. The molecule has 0 aliphatic rings. The average molecular weight is 355 g/mol. The molecule has 0 unspecified atom stereocenters. The second kappa shape index (κ2) is 11.6. The SMILES string of the molecule is CCCCCCCCCOC(=O)[C@H](C)NC(=O)c1c(F)cccc1F. The molecule has 1 aromatic carbocycles. The number of halogens is 2. The highest BCUT2D eigenvalue weighted by atomic mass is 19.1. The number of esters is 1. The number of ether oxygens (including phenoxy) is 1. The van der Waals surface area contributed by atoms with Crippen molar-refractivity contribution in [1.82, 2.24) is 5.32 Å². The highest BCUT2D eigenvalue weighted by Crippen LogP contribution is 2.12. The molecule has 0 saturated heterocycles. The van der Waals surface area contributed by atoms with Gasteiger partial charge in [-0.25, -0.2) is 13.6 Å². The van der Waals surface area contributed by atoms with Crippen LogP contribution in [0, 0.1) is 11.6 Å². The molecular formula is C19H27F2NO3. The molecule has 0 aromatic heterocycles. The van der Waals surface area contributed by atoms with Crippen molar-refractivity contribution in [3.8, 4) is 0 Å². The summed E-state index contributed by atoms with van der Waals surface area (Å²) in [6.07, 6.45) is 7.72. The molecule has 140 valence electrons. The molecule has 0 bridgehead atoms. The van der Waals surface area contributed by atoms with E-state index in [9.17, 15) is 18.4 Å². The van der Waals surface area contributed by atoms with E-state index >= 15 is 0 Å². The normalized spacial score (nSPS) is 11.8. The zero-order valence-electron chi connectivity index (χ0n) is 14.9. The molecule has 1 atom stereocenters. The van der Waals surface area contributed by atoms with Crippen LogP contribution in [0.15, 0.2) is 18.2 Å². The van der Waals surface area contributed by atoms with E-state index in [2.05, 4.69) is 12.2 Å². The van der Waals surface area contributed by atoms with E-state index in [-0.39, 0.29) is 6.61 Å². The molecule has 6 heteroatoms. The predicted molar refractivity (Wildman–Crippen MR) is 92.2 cm³/mol.